The number of allylic oxidation sites excluding steroid dienone is 1. The highest BCUT2D eigenvalue weighted by molar-refractivity contribution is 6.12. The highest BCUT2D eigenvalue weighted by Gasteiger charge is 2.18. The molecule has 3 heteroatoms. The first kappa shape index (κ1) is 37.7. The molecule has 0 N–H and O–H groups in total. The standard InChI is InChI=1S/C60H43N3/c1-3-56-51(35-41(2)46-29-32-57-52(36-46)54-38-47(42-19-9-4-10-20-42)30-33-58(54)62(57)50-27-17-8-18-28-50)53-37-48(43-21-11-5-12-22-43)31-34-59(53)63(56)60-40-49(44-23-13-6-14-24-44)39-55(61-60)45-25-15-7-16-26-45/h3-40H,2H2,1H3/b51-35-,56-3+. The number of para-hydroxylation sites is 1. The highest BCUT2D eigenvalue weighted by Crippen LogP contribution is 2.37. The summed E-state index contributed by atoms with van der Waals surface area (Å²) < 4.78 is 4.70. The lowest BCUT2D eigenvalue weighted by atomic mass is 9.99. The molecular formula is C60H43N3. The van der Waals surface area contributed by atoms with Crippen molar-refractivity contribution < 1.29 is 0 Å². The molecule has 3 nitrogen and oxygen atoms in total. The SMILES string of the molecule is C=C(/C=c1\c(=C/C)n(-c2cc(-c3ccccc3)cc(-c3ccccc3)n2)c2ccc(-c3ccccc3)cc12)c1ccc2c(c1)c1cc(-c3ccccc3)ccc1n2-c1ccccc1. The largest absolute Gasteiger partial charge is 0.309 e. The molecular weight excluding hydrogens is 763 g/mol. The van der Waals surface area contributed by atoms with Crippen molar-refractivity contribution >= 4 is 50.4 Å². The molecule has 0 fully saturated rings. The van der Waals surface area contributed by atoms with Crippen molar-refractivity contribution in [2.24, 2.45) is 0 Å². The zero-order chi connectivity index (χ0) is 42.3. The Balaban J connectivity index is 1.14. The lowest BCUT2D eigenvalue weighted by Crippen LogP contribution is -2.28. The zero-order valence-electron chi connectivity index (χ0n) is 35.0. The molecule has 3 aromatic heterocycles. The van der Waals surface area contributed by atoms with Crippen LogP contribution in [0.1, 0.15) is 12.5 Å². The van der Waals surface area contributed by atoms with Gasteiger partial charge in [0.2, 0.25) is 0 Å². The Kier molecular flexibility index (Phi) is 9.56. The van der Waals surface area contributed by atoms with Crippen molar-refractivity contribution in [1.82, 2.24) is 14.1 Å². The maximum atomic E-state index is 5.41. The first-order valence-electron chi connectivity index (χ1n) is 21.5. The number of nitrogens with zero attached hydrogens (tertiary/aromatic N) is 3. The number of benzene rings is 8. The molecule has 0 atom stereocenters. The minimum absolute atomic E-state index is 0.857. The molecule has 0 saturated carbocycles. The van der Waals surface area contributed by atoms with Crippen LogP contribution in [0.2, 0.25) is 0 Å². The molecule has 0 spiro atoms. The van der Waals surface area contributed by atoms with Gasteiger partial charge in [0.1, 0.15) is 5.82 Å². The van der Waals surface area contributed by atoms with Gasteiger partial charge < -0.3 is 4.57 Å². The summed E-state index contributed by atoms with van der Waals surface area (Å²) in [5.41, 5.74) is 15.5. The fourth-order valence-corrected chi connectivity index (χ4v) is 9.16. The minimum atomic E-state index is 0.857. The average molecular weight is 806 g/mol. The second-order valence-electron chi connectivity index (χ2n) is 16.0. The van der Waals surface area contributed by atoms with E-state index in [-0.39, 0.29) is 0 Å². The van der Waals surface area contributed by atoms with Gasteiger partial charge in [-0.2, -0.15) is 0 Å². The Labute approximate surface area is 367 Å². The number of hydrogen-bond donors (Lipinski definition) is 0. The number of fused-ring (bicyclic) bond motifs is 4. The summed E-state index contributed by atoms with van der Waals surface area (Å²) in [6.07, 6.45) is 4.48. The van der Waals surface area contributed by atoms with Gasteiger partial charge in [-0.1, -0.05) is 170 Å². The molecule has 0 saturated heterocycles. The summed E-state index contributed by atoms with van der Waals surface area (Å²) >= 11 is 0. The van der Waals surface area contributed by atoms with E-state index >= 15 is 0 Å². The predicted octanol–water partition coefficient (Wildman–Crippen LogP) is 14.1. The van der Waals surface area contributed by atoms with Gasteiger partial charge in [0.15, 0.2) is 0 Å². The van der Waals surface area contributed by atoms with E-state index in [0.29, 0.717) is 0 Å². The van der Waals surface area contributed by atoms with Crippen molar-refractivity contribution in [2.75, 3.05) is 0 Å². The summed E-state index contributed by atoms with van der Waals surface area (Å²) in [4.78, 5) is 5.41. The molecule has 298 valence electrons. The second kappa shape index (κ2) is 16.0. The molecule has 8 aromatic carbocycles. The molecule has 0 bridgehead atoms. The maximum absolute atomic E-state index is 5.41. The molecule has 11 rings (SSSR count). The Morgan fingerprint density at radius 2 is 0.905 bits per heavy atom. The minimum Gasteiger partial charge on any atom is -0.309 e. The second-order valence-corrected chi connectivity index (χ2v) is 16.0. The number of rotatable bonds is 8. The van der Waals surface area contributed by atoms with Gasteiger partial charge in [0.25, 0.3) is 0 Å². The quantitative estimate of drug-likeness (QED) is 0.150. The summed E-state index contributed by atoms with van der Waals surface area (Å²) in [6, 6.07) is 77.8. The van der Waals surface area contributed by atoms with Crippen molar-refractivity contribution in [2.45, 2.75) is 6.92 Å². The molecule has 63 heavy (non-hydrogen) atoms. The third-order valence-electron chi connectivity index (χ3n) is 12.2. The molecule has 0 aliphatic carbocycles. The fourth-order valence-electron chi connectivity index (χ4n) is 9.16. The topological polar surface area (TPSA) is 22.8 Å². The molecule has 0 aliphatic heterocycles. The van der Waals surface area contributed by atoms with Crippen molar-refractivity contribution in [1.29, 1.82) is 0 Å². The van der Waals surface area contributed by atoms with Gasteiger partial charge in [-0.3, -0.25) is 4.57 Å². The van der Waals surface area contributed by atoms with E-state index in [1.54, 1.807) is 0 Å². The number of aromatic nitrogens is 3. The van der Waals surface area contributed by atoms with Crippen LogP contribution in [0.4, 0.5) is 0 Å². The Hall–Kier alpha value is -8.27. The van der Waals surface area contributed by atoms with E-state index in [9.17, 15) is 0 Å². The molecule has 0 aliphatic rings. The molecule has 0 unspecified atom stereocenters. The number of pyridine rings is 1. The van der Waals surface area contributed by atoms with Crippen LogP contribution in [-0.4, -0.2) is 14.1 Å². The third-order valence-corrected chi connectivity index (χ3v) is 12.2. The zero-order valence-corrected chi connectivity index (χ0v) is 35.0. The van der Waals surface area contributed by atoms with Crippen LogP contribution in [0.15, 0.2) is 225 Å². The van der Waals surface area contributed by atoms with Gasteiger partial charge >= 0.3 is 0 Å². The van der Waals surface area contributed by atoms with Crippen LogP contribution in [0.3, 0.4) is 0 Å². The summed E-state index contributed by atoms with van der Waals surface area (Å²) in [6.45, 7) is 6.91. The average Bonchev–Trinajstić information content (AvgIpc) is 3.86. The molecule has 0 amide bonds. The van der Waals surface area contributed by atoms with Gasteiger partial charge in [-0.05, 0) is 118 Å². The van der Waals surface area contributed by atoms with Crippen LogP contribution in [-0.2, 0) is 0 Å². The maximum Gasteiger partial charge on any atom is 0.138 e. The Morgan fingerprint density at radius 1 is 0.429 bits per heavy atom. The van der Waals surface area contributed by atoms with E-state index < -0.39 is 0 Å². The smallest absolute Gasteiger partial charge is 0.138 e. The van der Waals surface area contributed by atoms with E-state index in [4.69, 9.17) is 11.6 Å². The van der Waals surface area contributed by atoms with Gasteiger partial charge in [-0.25, -0.2) is 4.98 Å². The van der Waals surface area contributed by atoms with Gasteiger partial charge in [-0.15, -0.1) is 0 Å². The van der Waals surface area contributed by atoms with Crippen molar-refractivity contribution in [3.63, 3.8) is 0 Å². The van der Waals surface area contributed by atoms with E-state index in [1.807, 2.05) is 0 Å². The van der Waals surface area contributed by atoms with Crippen LogP contribution in [0, 0.1) is 0 Å². The predicted molar refractivity (Wildman–Crippen MR) is 266 cm³/mol. The first-order valence-corrected chi connectivity index (χ1v) is 21.5. The lowest BCUT2D eigenvalue weighted by Gasteiger charge is -2.12. The van der Waals surface area contributed by atoms with E-state index in [2.05, 4.69) is 247 Å². The highest BCUT2D eigenvalue weighted by atomic mass is 15.1. The first-order chi connectivity index (χ1) is 31.1. The summed E-state index contributed by atoms with van der Waals surface area (Å²) in [5, 5.41) is 5.68. The van der Waals surface area contributed by atoms with Gasteiger partial charge in [0.05, 0.1) is 27.6 Å². The summed E-state index contributed by atoms with van der Waals surface area (Å²) in [7, 11) is 0. The Morgan fingerprint density at radius 3 is 1.48 bits per heavy atom. The van der Waals surface area contributed by atoms with Crippen molar-refractivity contribution in [3.05, 3.63) is 241 Å². The van der Waals surface area contributed by atoms with E-state index in [1.165, 1.54) is 33.0 Å². The van der Waals surface area contributed by atoms with Crippen LogP contribution in [0.25, 0.3) is 107 Å². The summed E-state index contributed by atoms with van der Waals surface area (Å²) in [5.74, 6) is 0.857. The molecule has 0 radical (unpaired) electrons. The van der Waals surface area contributed by atoms with E-state index in [0.717, 1.165) is 77.6 Å². The monoisotopic (exact) mass is 805 g/mol. The molecule has 11 aromatic rings. The van der Waals surface area contributed by atoms with Crippen LogP contribution >= 0.6 is 0 Å². The van der Waals surface area contributed by atoms with Gasteiger partial charge in [0, 0.05) is 32.6 Å². The van der Waals surface area contributed by atoms with Crippen LogP contribution < -0.4 is 10.6 Å². The number of hydrogen-bond acceptors (Lipinski definition) is 1. The fraction of sp³-hybridized carbons (Fsp3) is 0.0167. The van der Waals surface area contributed by atoms with Crippen molar-refractivity contribution in [3.8, 4) is 56.1 Å². The normalized spacial score (nSPS) is 12.1. The molecule has 3 heterocycles. The third kappa shape index (κ3) is 6.86. The lowest BCUT2D eigenvalue weighted by molar-refractivity contribution is 1.00. The van der Waals surface area contributed by atoms with Crippen LogP contribution in [0.5, 0.6) is 0 Å². The Bertz CT molecular complexity index is 3550.